The average Bonchev–Trinajstić information content (AvgIpc) is 2.91. The highest BCUT2D eigenvalue weighted by molar-refractivity contribution is 5.86. The highest BCUT2D eigenvalue weighted by Gasteiger charge is 2.07. The van der Waals surface area contributed by atoms with Gasteiger partial charge >= 0.3 is 0 Å². The molecule has 1 heterocycles. The lowest BCUT2D eigenvalue weighted by atomic mass is 10.0. The van der Waals surface area contributed by atoms with Crippen molar-refractivity contribution < 1.29 is 9.21 Å². The second kappa shape index (κ2) is 5.11. The highest BCUT2D eigenvalue weighted by atomic mass is 16.3. The van der Waals surface area contributed by atoms with Gasteiger partial charge in [0.2, 0.25) is 0 Å². The zero-order valence-corrected chi connectivity index (χ0v) is 10.5. The van der Waals surface area contributed by atoms with E-state index in [0.29, 0.717) is 12.8 Å². The van der Waals surface area contributed by atoms with Gasteiger partial charge in [0.05, 0.1) is 12.7 Å². The summed E-state index contributed by atoms with van der Waals surface area (Å²) in [5.41, 5.74) is 1.05. The first-order valence-corrected chi connectivity index (χ1v) is 6.33. The molecule has 94 valence electrons. The van der Waals surface area contributed by atoms with E-state index in [2.05, 4.69) is 24.3 Å². The van der Waals surface area contributed by atoms with Crippen LogP contribution in [0.2, 0.25) is 0 Å². The Labute approximate surface area is 111 Å². The van der Waals surface area contributed by atoms with E-state index in [0.717, 1.165) is 11.3 Å². The van der Waals surface area contributed by atoms with Crippen LogP contribution in [0.5, 0.6) is 0 Å². The molecule has 0 fully saturated rings. The maximum Gasteiger partial charge on any atom is 0.144 e. The molecule has 2 nitrogen and oxygen atoms in total. The molecule has 0 saturated carbocycles. The number of furan rings is 1. The van der Waals surface area contributed by atoms with Gasteiger partial charge in [0.25, 0.3) is 0 Å². The fourth-order valence-electron chi connectivity index (χ4n) is 2.25. The summed E-state index contributed by atoms with van der Waals surface area (Å²) in [5.74, 6) is 0.899. The van der Waals surface area contributed by atoms with Crippen LogP contribution >= 0.6 is 0 Å². The lowest BCUT2D eigenvalue weighted by molar-refractivity contribution is -0.118. The minimum Gasteiger partial charge on any atom is -0.469 e. The van der Waals surface area contributed by atoms with Crippen molar-refractivity contribution in [3.63, 3.8) is 0 Å². The molecule has 0 N–H and O–H groups in total. The number of ketones is 1. The molecule has 0 unspecified atom stereocenters. The molecule has 2 aromatic carbocycles. The second-order valence-electron chi connectivity index (χ2n) is 4.65. The summed E-state index contributed by atoms with van der Waals surface area (Å²) in [7, 11) is 0. The fourth-order valence-corrected chi connectivity index (χ4v) is 2.25. The molecule has 3 rings (SSSR count). The smallest absolute Gasteiger partial charge is 0.144 e. The topological polar surface area (TPSA) is 30.2 Å². The van der Waals surface area contributed by atoms with Crippen LogP contribution in [0.3, 0.4) is 0 Å². The third kappa shape index (κ3) is 2.74. The third-order valence-corrected chi connectivity index (χ3v) is 3.17. The normalized spacial score (nSPS) is 10.7. The van der Waals surface area contributed by atoms with Crippen LogP contribution in [-0.4, -0.2) is 5.78 Å². The second-order valence-corrected chi connectivity index (χ2v) is 4.65. The molecule has 0 spiro atoms. The molecule has 0 amide bonds. The van der Waals surface area contributed by atoms with E-state index >= 15 is 0 Å². The molecule has 3 aromatic rings. The summed E-state index contributed by atoms with van der Waals surface area (Å²) in [6, 6.07) is 18.0. The molecule has 1 aromatic heterocycles. The van der Waals surface area contributed by atoms with Crippen molar-refractivity contribution in [1.82, 2.24) is 0 Å². The molecular weight excluding hydrogens is 236 g/mol. The number of benzene rings is 2. The Morgan fingerprint density at radius 3 is 2.53 bits per heavy atom. The number of Topliss-reactive ketones (excluding diaryl/α,β-unsaturated/α-hetero) is 1. The highest BCUT2D eigenvalue weighted by Crippen LogP contribution is 2.16. The number of hydrogen-bond donors (Lipinski definition) is 0. The van der Waals surface area contributed by atoms with Crippen molar-refractivity contribution in [2.24, 2.45) is 0 Å². The maximum atomic E-state index is 12.0. The molecule has 0 aliphatic heterocycles. The lowest BCUT2D eigenvalue weighted by Crippen LogP contribution is -2.05. The van der Waals surface area contributed by atoms with Gasteiger partial charge in [0.1, 0.15) is 11.5 Å². The summed E-state index contributed by atoms with van der Waals surface area (Å²) in [4.78, 5) is 12.0. The first-order valence-electron chi connectivity index (χ1n) is 6.33. The molecule has 19 heavy (non-hydrogen) atoms. The Morgan fingerprint density at radius 1 is 0.895 bits per heavy atom. The zero-order valence-electron chi connectivity index (χ0n) is 10.5. The molecule has 0 aliphatic rings. The van der Waals surface area contributed by atoms with Gasteiger partial charge in [-0.25, -0.2) is 0 Å². The van der Waals surface area contributed by atoms with Gasteiger partial charge in [0.15, 0.2) is 0 Å². The van der Waals surface area contributed by atoms with Crippen LogP contribution in [-0.2, 0) is 17.6 Å². The van der Waals surface area contributed by atoms with E-state index in [1.165, 1.54) is 10.8 Å². The van der Waals surface area contributed by atoms with E-state index in [9.17, 15) is 4.79 Å². The van der Waals surface area contributed by atoms with Crippen molar-refractivity contribution in [3.05, 3.63) is 72.2 Å². The Morgan fingerprint density at radius 2 is 1.74 bits per heavy atom. The average molecular weight is 250 g/mol. The Balaban J connectivity index is 1.75. The van der Waals surface area contributed by atoms with Gasteiger partial charge in [-0.2, -0.15) is 0 Å². The van der Waals surface area contributed by atoms with E-state index in [4.69, 9.17) is 4.42 Å². The van der Waals surface area contributed by atoms with Gasteiger partial charge in [-0.3, -0.25) is 4.79 Å². The van der Waals surface area contributed by atoms with Crippen molar-refractivity contribution in [2.75, 3.05) is 0 Å². The van der Waals surface area contributed by atoms with Crippen LogP contribution in [0.25, 0.3) is 10.8 Å². The number of carbonyl (C=O) groups excluding carboxylic acids is 1. The minimum absolute atomic E-state index is 0.172. The lowest BCUT2D eigenvalue weighted by Gasteiger charge is -2.03. The van der Waals surface area contributed by atoms with Gasteiger partial charge < -0.3 is 4.42 Å². The predicted molar refractivity (Wildman–Crippen MR) is 75.1 cm³/mol. The standard InChI is InChI=1S/C17H14O2/c18-16(12-17-6-3-9-19-17)11-13-7-8-14-4-1-2-5-15(14)10-13/h1-10H,11-12H2. The number of rotatable bonds is 4. The van der Waals surface area contributed by atoms with Gasteiger partial charge in [-0.05, 0) is 28.5 Å². The Kier molecular flexibility index (Phi) is 3.15. The summed E-state index contributed by atoms with van der Waals surface area (Å²) in [5, 5.41) is 2.37. The summed E-state index contributed by atoms with van der Waals surface area (Å²) in [6.45, 7) is 0. The fraction of sp³-hybridized carbons (Fsp3) is 0.118. The first kappa shape index (κ1) is 11.7. The van der Waals surface area contributed by atoms with Crippen molar-refractivity contribution >= 4 is 16.6 Å². The molecule has 0 bridgehead atoms. The number of fused-ring (bicyclic) bond motifs is 1. The quantitative estimate of drug-likeness (QED) is 0.705. The van der Waals surface area contributed by atoms with Crippen LogP contribution in [0, 0.1) is 0 Å². The number of carbonyl (C=O) groups is 1. The van der Waals surface area contributed by atoms with Crippen LogP contribution in [0.15, 0.2) is 65.3 Å². The molecule has 0 saturated heterocycles. The van der Waals surface area contributed by atoms with E-state index < -0.39 is 0 Å². The molecule has 2 heteroatoms. The zero-order chi connectivity index (χ0) is 13.1. The summed E-state index contributed by atoms with van der Waals surface area (Å²) < 4.78 is 5.19. The summed E-state index contributed by atoms with van der Waals surface area (Å²) >= 11 is 0. The van der Waals surface area contributed by atoms with Crippen LogP contribution in [0.1, 0.15) is 11.3 Å². The Bertz CT molecular complexity index is 696. The maximum absolute atomic E-state index is 12.0. The molecule has 0 radical (unpaired) electrons. The van der Waals surface area contributed by atoms with Gasteiger partial charge in [0, 0.05) is 6.42 Å². The minimum atomic E-state index is 0.172. The van der Waals surface area contributed by atoms with Gasteiger partial charge in [-0.15, -0.1) is 0 Å². The van der Waals surface area contributed by atoms with Gasteiger partial charge in [-0.1, -0.05) is 42.5 Å². The van der Waals surface area contributed by atoms with Crippen LogP contribution < -0.4 is 0 Å². The van der Waals surface area contributed by atoms with E-state index in [1.54, 1.807) is 12.3 Å². The number of hydrogen-bond acceptors (Lipinski definition) is 2. The van der Waals surface area contributed by atoms with E-state index in [1.807, 2.05) is 24.3 Å². The molecule has 0 aliphatic carbocycles. The first-order chi connectivity index (χ1) is 9.31. The SMILES string of the molecule is O=C(Cc1ccc2ccccc2c1)Cc1ccco1. The van der Waals surface area contributed by atoms with E-state index in [-0.39, 0.29) is 5.78 Å². The molecule has 0 atom stereocenters. The van der Waals surface area contributed by atoms with Crippen molar-refractivity contribution in [2.45, 2.75) is 12.8 Å². The van der Waals surface area contributed by atoms with Crippen LogP contribution in [0.4, 0.5) is 0 Å². The largest absolute Gasteiger partial charge is 0.469 e. The van der Waals surface area contributed by atoms with Crippen molar-refractivity contribution in [1.29, 1.82) is 0 Å². The predicted octanol–water partition coefficient (Wildman–Crippen LogP) is 3.79. The molecular formula is C17H14O2. The summed E-state index contributed by atoms with van der Waals surface area (Å²) in [6.07, 6.45) is 2.41. The Hall–Kier alpha value is -2.35. The van der Waals surface area contributed by atoms with Crippen molar-refractivity contribution in [3.8, 4) is 0 Å². The third-order valence-electron chi connectivity index (χ3n) is 3.17. The monoisotopic (exact) mass is 250 g/mol.